The summed E-state index contributed by atoms with van der Waals surface area (Å²) in [5.74, 6) is 1.37. The molecule has 0 aromatic carbocycles. The number of nitrogens with zero attached hydrogens (tertiary/aromatic N) is 2. The molecule has 0 spiro atoms. The van der Waals surface area contributed by atoms with Crippen LogP contribution in [0, 0.1) is 5.92 Å². The molecular formula is C15H25N3O2. The van der Waals surface area contributed by atoms with Gasteiger partial charge in [-0.1, -0.05) is 0 Å². The van der Waals surface area contributed by atoms with Crippen molar-refractivity contribution >= 4 is 5.69 Å². The summed E-state index contributed by atoms with van der Waals surface area (Å²) < 4.78 is 10.4. The van der Waals surface area contributed by atoms with Crippen molar-refractivity contribution < 1.29 is 9.47 Å². The van der Waals surface area contributed by atoms with Crippen molar-refractivity contribution in [2.45, 2.75) is 12.8 Å². The first-order valence-corrected chi connectivity index (χ1v) is 7.28. The lowest BCUT2D eigenvalue weighted by molar-refractivity contribution is 0.144. The molecule has 2 rings (SSSR count). The zero-order chi connectivity index (χ0) is 14.2. The van der Waals surface area contributed by atoms with Crippen LogP contribution in [0.2, 0.25) is 0 Å². The molecule has 1 N–H and O–H groups in total. The maximum absolute atomic E-state index is 5.44. The first-order chi connectivity index (χ1) is 9.78. The van der Waals surface area contributed by atoms with E-state index in [1.54, 1.807) is 7.11 Å². The summed E-state index contributed by atoms with van der Waals surface area (Å²) in [4.78, 5) is 6.68. The average molecular weight is 279 g/mol. The summed E-state index contributed by atoms with van der Waals surface area (Å²) in [6.07, 6.45) is 4.44. The first kappa shape index (κ1) is 15.1. The molecule has 1 aliphatic heterocycles. The van der Waals surface area contributed by atoms with Gasteiger partial charge in [0.15, 0.2) is 0 Å². The fourth-order valence-corrected chi connectivity index (χ4v) is 2.50. The molecule has 1 aromatic rings. The number of pyridine rings is 1. The number of aromatic nitrogens is 1. The number of likely N-dealkylation sites (tertiary alicyclic amines) is 1. The second-order valence-corrected chi connectivity index (χ2v) is 5.38. The van der Waals surface area contributed by atoms with Crippen molar-refractivity contribution in [3.8, 4) is 5.88 Å². The van der Waals surface area contributed by atoms with Gasteiger partial charge in [0.25, 0.3) is 0 Å². The standard InChI is InChI=1S/C15H25N3O2/c1-18-7-3-4-13(12-18)10-16-14-5-6-15(17-11-14)20-9-8-19-2/h5-6,11,13,16H,3-4,7-10,12H2,1-2H3. The van der Waals surface area contributed by atoms with Gasteiger partial charge >= 0.3 is 0 Å². The molecule has 1 atom stereocenters. The molecule has 5 nitrogen and oxygen atoms in total. The highest BCUT2D eigenvalue weighted by Crippen LogP contribution is 2.17. The minimum atomic E-state index is 0.532. The molecule has 112 valence electrons. The topological polar surface area (TPSA) is 46.6 Å². The number of piperidine rings is 1. The Bertz CT molecular complexity index is 383. The van der Waals surface area contributed by atoms with Crippen molar-refractivity contribution in [2.24, 2.45) is 5.92 Å². The van der Waals surface area contributed by atoms with Crippen LogP contribution in [0.1, 0.15) is 12.8 Å². The molecule has 0 radical (unpaired) electrons. The van der Waals surface area contributed by atoms with Gasteiger partial charge in [0, 0.05) is 26.3 Å². The molecule has 1 fully saturated rings. The van der Waals surface area contributed by atoms with E-state index in [-0.39, 0.29) is 0 Å². The van der Waals surface area contributed by atoms with Crippen LogP contribution < -0.4 is 10.1 Å². The Hall–Kier alpha value is -1.33. The van der Waals surface area contributed by atoms with Gasteiger partial charge in [-0.25, -0.2) is 4.98 Å². The third-order valence-corrected chi connectivity index (χ3v) is 3.59. The van der Waals surface area contributed by atoms with Gasteiger partial charge in [0.05, 0.1) is 18.5 Å². The molecule has 1 saturated heterocycles. The molecule has 0 aliphatic carbocycles. The minimum Gasteiger partial charge on any atom is -0.475 e. The van der Waals surface area contributed by atoms with E-state index in [0.29, 0.717) is 19.1 Å². The molecular weight excluding hydrogens is 254 g/mol. The van der Waals surface area contributed by atoms with Crippen LogP contribution in [-0.4, -0.2) is 56.9 Å². The van der Waals surface area contributed by atoms with E-state index in [9.17, 15) is 0 Å². The number of rotatable bonds is 7. The van der Waals surface area contributed by atoms with Crippen LogP contribution >= 0.6 is 0 Å². The summed E-state index contributed by atoms with van der Waals surface area (Å²) in [6, 6.07) is 3.91. The van der Waals surface area contributed by atoms with Crippen LogP contribution in [0.25, 0.3) is 0 Å². The summed E-state index contributed by atoms with van der Waals surface area (Å²) in [5, 5.41) is 3.46. The first-order valence-electron chi connectivity index (χ1n) is 7.28. The van der Waals surface area contributed by atoms with E-state index in [0.717, 1.165) is 18.2 Å². The Kier molecular flexibility index (Phi) is 6.08. The molecule has 1 aromatic heterocycles. The number of hydrogen-bond donors (Lipinski definition) is 1. The fourth-order valence-electron chi connectivity index (χ4n) is 2.50. The monoisotopic (exact) mass is 279 g/mol. The Morgan fingerprint density at radius 1 is 1.40 bits per heavy atom. The average Bonchev–Trinajstić information content (AvgIpc) is 2.47. The van der Waals surface area contributed by atoms with E-state index in [1.165, 1.54) is 25.9 Å². The summed E-state index contributed by atoms with van der Waals surface area (Å²) in [7, 11) is 3.85. The lowest BCUT2D eigenvalue weighted by Crippen LogP contribution is -2.35. The zero-order valence-corrected chi connectivity index (χ0v) is 12.5. The highest BCUT2D eigenvalue weighted by molar-refractivity contribution is 5.42. The van der Waals surface area contributed by atoms with Crippen LogP contribution in [-0.2, 0) is 4.74 Å². The van der Waals surface area contributed by atoms with Crippen molar-refractivity contribution in [3.05, 3.63) is 18.3 Å². The summed E-state index contributed by atoms with van der Waals surface area (Å²) >= 11 is 0. The molecule has 0 amide bonds. The van der Waals surface area contributed by atoms with Crippen LogP contribution in [0.15, 0.2) is 18.3 Å². The smallest absolute Gasteiger partial charge is 0.213 e. The van der Waals surface area contributed by atoms with Crippen LogP contribution in [0.5, 0.6) is 5.88 Å². The van der Waals surface area contributed by atoms with Crippen molar-refractivity contribution in [2.75, 3.05) is 52.3 Å². The maximum atomic E-state index is 5.44. The second-order valence-electron chi connectivity index (χ2n) is 5.38. The number of methoxy groups -OCH3 is 1. The third kappa shape index (κ3) is 4.98. The van der Waals surface area contributed by atoms with Crippen LogP contribution in [0.4, 0.5) is 5.69 Å². The molecule has 5 heteroatoms. The van der Waals surface area contributed by atoms with E-state index >= 15 is 0 Å². The molecule has 0 saturated carbocycles. The summed E-state index contributed by atoms with van der Waals surface area (Å²) in [5.41, 5.74) is 1.05. The van der Waals surface area contributed by atoms with Gasteiger partial charge in [-0.15, -0.1) is 0 Å². The lowest BCUT2D eigenvalue weighted by atomic mass is 9.98. The van der Waals surface area contributed by atoms with Gasteiger partial charge in [-0.2, -0.15) is 0 Å². The number of hydrogen-bond acceptors (Lipinski definition) is 5. The highest BCUT2D eigenvalue weighted by Gasteiger charge is 2.16. The van der Waals surface area contributed by atoms with E-state index in [2.05, 4.69) is 22.2 Å². The van der Waals surface area contributed by atoms with E-state index < -0.39 is 0 Å². The minimum absolute atomic E-state index is 0.532. The number of anilines is 1. The second kappa shape index (κ2) is 8.07. The highest BCUT2D eigenvalue weighted by atomic mass is 16.5. The lowest BCUT2D eigenvalue weighted by Gasteiger charge is -2.29. The van der Waals surface area contributed by atoms with E-state index in [4.69, 9.17) is 9.47 Å². The maximum Gasteiger partial charge on any atom is 0.213 e. The Morgan fingerprint density at radius 3 is 3.00 bits per heavy atom. The quantitative estimate of drug-likeness (QED) is 0.772. The third-order valence-electron chi connectivity index (χ3n) is 3.59. The molecule has 2 heterocycles. The van der Waals surface area contributed by atoms with Gasteiger partial charge in [-0.3, -0.25) is 0 Å². The Morgan fingerprint density at radius 2 is 2.30 bits per heavy atom. The van der Waals surface area contributed by atoms with E-state index in [1.807, 2.05) is 18.3 Å². The normalized spacial score (nSPS) is 19.8. The number of ether oxygens (including phenoxy) is 2. The van der Waals surface area contributed by atoms with Crippen molar-refractivity contribution in [1.29, 1.82) is 0 Å². The van der Waals surface area contributed by atoms with Gasteiger partial charge in [-0.05, 0) is 38.4 Å². The Labute approximate surface area is 121 Å². The van der Waals surface area contributed by atoms with Gasteiger partial charge < -0.3 is 19.7 Å². The molecule has 1 unspecified atom stereocenters. The van der Waals surface area contributed by atoms with Crippen molar-refractivity contribution in [1.82, 2.24) is 9.88 Å². The largest absolute Gasteiger partial charge is 0.475 e. The Balaban J connectivity index is 1.73. The molecule has 0 bridgehead atoms. The summed E-state index contributed by atoms with van der Waals surface area (Å²) in [6.45, 7) is 4.53. The van der Waals surface area contributed by atoms with Gasteiger partial charge in [0.1, 0.15) is 6.61 Å². The predicted molar refractivity (Wildman–Crippen MR) is 80.3 cm³/mol. The predicted octanol–water partition coefficient (Wildman–Crippen LogP) is 1.86. The van der Waals surface area contributed by atoms with Crippen LogP contribution in [0.3, 0.4) is 0 Å². The molecule has 20 heavy (non-hydrogen) atoms. The SMILES string of the molecule is COCCOc1ccc(NCC2CCCN(C)C2)cn1. The van der Waals surface area contributed by atoms with Crippen molar-refractivity contribution in [3.63, 3.8) is 0 Å². The van der Waals surface area contributed by atoms with Gasteiger partial charge in [0.2, 0.25) is 5.88 Å². The number of nitrogens with one attached hydrogen (secondary N) is 1. The molecule has 1 aliphatic rings. The fraction of sp³-hybridized carbons (Fsp3) is 0.667. The zero-order valence-electron chi connectivity index (χ0n) is 12.5.